The van der Waals surface area contributed by atoms with E-state index < -0.39 is 5.97 Å². The summed E-state index contributed by atoms with van der Waals surface area (Å²) in [6.45, 7) is 2.31. The molecule has 2 rings (SSSR count). The Morgan fingerprint density at radius 2 is 1.96 bits per heavy atom. The third kappa shape index (κ3) is 5.15. The van der Waals surface area contributed by atoms with Crippen molar-refractivity contribution >= 4 is 11.9 Å². The van der Waals surface area contributed by atoms with Crippen LogP contribution < -0.4 is 14.8 Å². The van der Waals surface area contributed by atoms with Crippen LogP contribution >= 0.6 is 0 Å². The van der Waals surface area contributed by atoms with Crippen LogP contribution in [0.5, 0.6) is 11.5 Å². The largest absolute Gasteiger partial charge is 0.493 e. The van der Waals surface area contributed by atoms with Crippen molar-refractivity contribution in [3.8, 4) is 11.5 Å². The first-order chi connectivity index (χ1) is 11.6. The van der Waals surface area contributed by atoms with Crippen LogP contribution in [0.15, 0.2) is 18.2 Å². The van der Waals surface area contributed by atoms with Crippen LogP contribution in [-0.4, -0.2) is 38.2 Å². The minimum absolute atomic E-state index is 0.214. The molecule has 1 fully saturated rings. The summed E-state index contributed by atoms with van der Waals surface area (Å²) >= 11 is 0. The molecule has 1 aliphatic carbocycles. The van der Waals surface area contributed by atoms with Gasteiger partial charge in [0.05, 0.1) is 19.3 Å². The monoisotopic (exact) mass is 335 g/mol. The predicted molar refractivity (Wildman–Crippen MR) is 89.5 cm³/mol. The normalized spacial score (nSPS) is 14.2. The molecule has 0 heterocycles. The number of ether oxygens (including phenoxy) is 3. The van der Waals surface area contributed by atoms with Crippen molar-refractivity contribution in [2.45, 2.75) is 45.1 Å². The number of rotatable bonds is 8. The van der Waals surface area contributed by atoms with Gasteiger partial charge in [0.25, 0.3) is 5.91 Å². The molecule has 0 saturated heterocycles. The van der Waals surface area contributed by atoms with E-state index in [1.165, 1.54) is 7.11 Å². The third-order valence-corrected chi connectivity index (χ3v) is 3.92. The zero-order chi connectivity index (χ0) is 17.4. The molecule has 1 N–H and O–H groups in total. The standard InChI is InChI=1S/C18H25NO5/c1-3-10-23-15-9-8-13(11-16(15)22-2)18(21)24-12-17(20)19-14-6-4-5-7-14/h8-9,11,14H,3-7,10,12H2,1-2H3,(H,19,20). The van der Waals surface area contributed by atoms with E-state index in [-0.39, 0.29) is 18.6 Å². The minimum Gasteiger partial charge on any atom is -0.493 e. The second-order valence-electron chi connectivity index (χ2n) is 5.84. The van der Waals surface area contributed by atoms with E-state index >= 15 is 0 Å². The van der Waals surface area contributed by atoms with Crippen LogP contribution in [0.3, 0.4) is 0 Å². The quantitative estimate of drug-likeness (QED) is 0.740. The first-order valence-electron chi connectivity index (χ1n) is 8.41. The van der Waals surface area contributed by atoms with E-state index in [0.717, 1.165) is 32.1 Å². The molecule has 0 radical (unpaired) electrons. The number of esters is 1. The van der Waals surface area contributed by atoms with Crippen molar-refractivity contribution in [1.29, 1.82) is 0 Å². The molecule has 6 nitrogen and oxygen atoms in total. The smallest absolute Gasteiger partial charge is 0.338 e. The molecule has 1 aliphatic rings. The van der Waals surface area contributed by atoms with Crippen LogP contribution in [0.2, 0.25) is 0 Å². The highest BCUT2D eigenvalue weighted by molar-refractivity contribution is 5.92. The van der Waals surface area contributed by atoms with Crippen LogP contribution in [0.4, 0.5) is 0 Å². The molecule has 1 amide bonds. The fraction of sp³-hybridized carbons (Fsp3) is 0.556. The molecule has 0 atom stereocenters. The van der Waals surface area contributed by atoms with Crippen molar-refractivity contribution in [3.05, 3.63) is 23.8 Å². The highest BCUT2D eigenvalue weighted by atomic mass is 16.5. The molecule has 1 aromatic carbocycles. The van der Waals surface area contributed by atoms with Gasteiger partial charge < -0.3 is 19.5 Å². The lowest BCUT2D eigenvalue weighted by atomic mass is 10.2. The van der Waals surface area contributed by atoms with Gasteiger partial charge in [-0.2, -0.15) is 0 Å². The van der Waals surface area contributed by atoms with E-state index in [4.69, 9.17) is 14.2 Å². The Labute approximate surface area is 142 Å². The molecule has 0 bridgehead atoms. The Hall–Kier alpha value is -2.24. The second kappa shape index (κ2) is 9.15. The van der Waals surface area contributed by atoms with E-state index in [0.29, 0.717) is 23.7 Å². The number of carbonyl (C=O) groups excluding carboxylic acids is 2. The van der Waals surface area contributed by atoms with Crippen LogP contribution in [-0.2, 0) is 9.53 Å². The molecule has 0 unspecified atom stereocenters. The lowest BCUT2D eigenvalue weighted by molar-refractivity contribution is -0.124. The maximum Gasteiger partial charge on any atom is 0.338 e. The van der Waals surface area contributed by atoms with E-state index in [1.54, 1.807) is 18.2 Å². The maximum absolute atomic E-state index is 12.1. The van der Waals surface area contributed by atoms with Gasteiger partial charge in [-0.05, 0) is 37.5 Å². The maximum atomic E-state index is 12.1. The Morgan fingerprint density at radius 1 is 1.21 bits per heavy atom. The van der Waals surface area contributed by atoms with E-state index in [1.807, 2.05) is 6.92 Å². The summed E-state index contributed by atoms with van der Waals surface area (Å²) in [6, 6.07) is 5.04. The lowest BCUT2D eigenvalue weighted by Gasteiger charge is -2.13. The average molecular weight is 335 g/mol. The van der Waals surface area contributed by atoms with Gasteiger partial charge in [0, 0.05) is 6.04 Å². The second-order valence-corrected chi connectivity index (χ2v) is 5.84. The molecule has 0 aromatic heterocycles. The number of benzene rings is 1. The van der Waals surface area contributed by atoms with E-state index in [2.05, 4.69) is 5.32 Å². The van der Waals surface area contributed by atoms with Crippen LogP contribution in [0.1, 0.15) is 49.4 Å². The summed E-state index contributed by atoms with van der Waals surface area (Å²) in [4.78, 5) is 23.9. The number of carbonyl (C=O) groups is 2. The summed E-state index contributed by atoms with van der Waals surface area (Å²) < 4.78 is 15.9. The average Bonchev–Trinajstić information content (AvgIpc) is 3.10. The van der Waals surface area contributed by atoms with Gasteiger partial charge in [-0.25, -0.2) is 4.79 Å². The number of methoxy groups -OCH3 is 1. The molecule has 1 aromatic rings. The van der Waals surface area contributed by atoms with Crippen molar-refractivity contribution in [3.63, 3.8) is 0 Å². The first-order valence-corrected chi connectivity index (χ1v) is 8.41. The third-order valence-electron chi connectivity index (χ3n) is 3.92. The Kier molecular flexibility index (Phi) is 6.90. The fourth-order valence-electron chi connectivity index (χ4n) is 2.68. The van der Waals surface area contributed by atoms with Gasteiger partial charge in [0.2, 0.25) is 0 Å². The van der Waals surface area contributed by atoms with Gasteiger partial charge in [-0.1, -0.05) is 19.8 Å². The molecule has 132 valence electrons. The topological polar surface area (TPSA) is 73.9 Å². The van der Waals surface area contributed by atoms with Crippen molar-refractivity contribution in [2.75, 3.05) is 20.3 Å². The fourth-order valence-corrected chi connectivity index (χ4v) is 2.68. The van der Waals surface area contributed by atoms with Crippen molar-refractivity contribution in [1.82, 2.24) is 5.32 Å². The van der Waals surface area contributed by atoms with Gasteiger partial charge in [0.15, 0.2) is 18.1 Å². The Morgan fingerprint density at radius 3 is 2.62 bits per heavy atom. The van der Waals surface area contributed by atoms with Crippen molar-refractivity contribution in [2.24, 2.45) is 0 Å². The molecule has 0 aliphatic heterocycles. The number of amides is 1. The minimum atomic E-state index is -0.558. The van der Waals surface area contributed by atoms with Crippen molar-refractivity contribution < 1.29 is 23.8 Å². The molecular weight excluding hydrogens is 310 g/mol. The summed E-state index contributed by atoms with van der Waals surface area (Å²) in [6.07, 6.45) is 5.14. The summed E-state index contributed by atoms with van der Waals surface area (Å²) in [5.74, 6) is 0.227. The zero-order valence-electron chi connectivity index (χ0n) is 14.3. The highest BCUT2D eigenvalue weighted by Crippen LogP contribution is 2.28. The highest BCUT2D eigenvalue weighted by Gasteiger charge is 2.18. The number of hydrogen-bond acceptors (Lipinski definition) is 5. The molecule has 6 heteroatoms. The zero-order valence-corrected chi connectivity index (χ0v) is 14.3. The number of nitrogens with one attached hydrogen (secondary N) is 1. The number of hydrogen-bond donors (Lipinski definition) is 1. The van der Waals surface area contributed by atoms with Gasteiger partial charge >= 0.3 is 5.97 Å². The van der Waals surface area contributed by atoms with Crippen LogP contribution in [0, 0.1) is 0 Å². The van der Waals surface area contributed by atoms with Gasteiger partial charge in [-0.15, -0.1) is 0 Å². The predicted octanol–water partition coefficient (Wildman–Crippen LogP) is 2.70. The molecular formula is C18H25NO5. The lowest BCUT2D eigenvalue weighted by Crippen LogP contribution is -2.35. The summed E-state index contributed by atoms with van der Waals surface area (Å²) in [5.41, 5.74) is 0.323. The van der Waals surface area contributed by atoms with Gasteiger partial charge in [-0.3, -0.25) is 4.79 Å². The SMILES string of the molecule is CCCOc1ccc(C(=O)OCC(=O)NC2CCCC2)cc1OC. The Balaban J connectivity index is 1.87. The summed E-state index contributed by atoms with van der Waals surface area (Å²) in [7, 11) is 1.51. The molecule has 24 heavy (non-hydrogen) atoms. The summed E-state index contributed by atoms with van der Waals surface area (Å²) in [5, 5.41) is 2.88. The Bertz CT molecular complexity index is 567. The van der Waals surface area contributed by atoms with E-state index in [9.17, 15) is 9.59 Å². The first kappa shape index (κ1) is 18.1. The van der Waals surface area contributed by atoms with Crippen LogP contribution in [0.25, 0.3) is 0 Å². The molecule has 0 spiro atoms. The molecule has 1 saturated carbocycles. The van der Waals surface area contributed by atoms with Gasteiger partial charge in [0.1, 0.15) is 0 Å².